The van der Waals surface area contributed by atoms with Crippen LogP contribution < -0.4 is 4.90 Å². The first-order chi connectivity index (χ1) is 8.25. The number of halogens is 1. The van der Waals surface area contributed by atoms with Crippen molar-refractivity contribution in [2.24, 2.45) is 11.3 Å². The zero-order valence-electron chi connectivity index (χ0n) is 9.77. The van der Waals surface area contributed by atoms with Gasteiger partial charge >= 0.3 is 0 Å². The number of hydrogen-bond donors (Lipinski definition) is 1. The van der Waals surface area contributed by atoms with E-state index in [1.165, 1.54) is 12.8 Å². The van der Waals surface area contributed by atoms with Crippen LogP contribution in [0.4, 0.5) is 5.82 Å². The van der Waals surface area contributed by atoms with Gasteiger partial charge in [0.1, 0.15) is 5.82 Å². The minimum atomic E-state index is 0.0981. The highest BCUT2D eigenvalue weighted by atomic mass is 35.5. The number of fused-ring (bicyclic) bond motifs is 1. The van der Waals surface area contributed by atoms with Crippen LogP contribution in [-0.2, 0) is 0 Å². The van der Waals surface area contributed by atoms with Gasteiger partial charge < -0.3 is 10.0 Å². The summed E-state index contributed by atoms with van der Waals surface area (Å²) < 4.78 is 0. The van der Waals surface area contributed by atoms with Gasteiger partial charge in [-0.3, -0.25) is 0 Å². The molecule has 1 saturated heterocycles. The highest BCUT2D eigenvalue weighted by Gasteiger charge is 2.49. The first-order valence-corrected chi connectivity index (χ1v) is 6.59. The Morgan fingerprint density at radius 2 is 2.47 bits per heavy atom. The Bertz CT molecular complexity index is 426. The van der Waals surface area contributed by atoms with Crippen LogP contribution in [0, 0.1) is 11.3 Å². The summed E-state index contributed by atoms with van der Waals surface area (Å²) in [4.78, 5) is 6.60. The largest absolute Gasteiger partial charge is 0.396 e. The molecule has 1 N–H and O–H groups in total. The molecule has 1 aliphatic heterocycles. The molecule has 1 aliphatic carbocycles. The number of aromatic nitrogens is 1. The molecule has 3 rings (SSSR count). The molecule has 0 bridgehead atoms. The van der Waals surface area contributed by atoms with Crippen molar-refractivity contribution in [1.82, 2.24) is 4.98 Å². The molecule has 4 heteroatoms. The molecule has 2 atom stereocenters. The quantitative estimate of drug-likeness (QED) is 0.878. The molecule has 0 radical (unpaired) electrons. The van der Waals surface area contributed by atoms with E-state index < -0.39 is 0 Å². The number of rotatable bonds is 2. The smallest absolute Gasteiger partial charge is 0.147 e. The first-order valence-electron chi connectivity index (χ1n) is 6.21. The van der Waals surface area contributed by atoms with Crippen molar-refractivity contribution in [3.8, 4) is 0 Å². The number of hydrogen-bond acceptors (Lipinski definition) is 3. The number of nitrogens with zero attached hydrogens (tertiary/aromatic N) is 2. The Hall–Kier alpha value is -0.800. The SMILES string of the molecule is OCC12CCCC1CN(c1ncccc1Cl)C2. The van der Waals surface area contributed by atoms with E-state index in [-0.39, 0.29) is 5.41 Å². The highest BCUT2D eigenvalue weighted by Crippen LogP contribution is 2.49. The van der Waals surface area contributed by atoms with Gasteiger partial charge in [0.05, 0.1) is 11.6 Å². The maximum absolute atomic E-state index is 9.68. The van der Waals surface area contributed by atoms with Gasteiger partial charge in [-0.15, -0.1) is 0 Å². The van der Waals surface area contributed by atoms with Crippen LogP contribution in [0.5, 0.6) is 0 Å². The van der Waals surface area contributed by atoms with Crippen molar-refractivity contribution in [2.45, 2.75) is 19.3 Å². The second kappa shape index (κ2) is 4.14. The van der Waals surface area contributed by atoms with Gasteiger partial charge in [0.2, 0.25) is 0 Å². The zero-order chi connectivity index (χ0) is 11.9. The van der Waals surface area contributed by atoms with Gasteiger partial charge in [0, 0.05) is 24.7 Å². The van der Waals surface area contributed by atoms with Gasteiger partial charge in [-0.05, 0) is 30.9 Å². The molecule has 0 aromatic carbocycles. The summed E-state index contributed by atoms with van der Waals surface area (Å²) in [5.74, 6) is 1.47. The molecule has 2 unspecified atom stereocenters. The fourth-order valence-corrected chi connectivity index (χ4v) is 3.69. The Kier molecular flexibility index (Phi) is 2.75. The second-order valence-corrected chi connectivity index (χ2v) is 5.71. The minimum Gasteiger partial charge on any atom is -0.396 e. The van der Waals surface area contributed by atoms with E-state index in [4.69, 9.17) is 11.6 Å². The maximum Gasteiger partial charge on any atom is 0.147 e. The molecule has 3 nitrogen and oxygen atoms in total. The van der Waals surface area contributed by atoms with E-state index in [0.717, 1.165) is 25.3 Å². The van der Waals surface area contributed by atoms with Crippen molar-refractivity contribution < 1.29 is 5.11 Å². The zero-order valence-corrected chi connectivity index (χ0v) is 10.5. The van der Waals surface area contributed by atoms with Gasteiger partial charge in [-0.2, -0.15) is 0 Å². The van der Waals surface area contributed by atoms with Gasteiger partial charge in [-0.25, -0.2) is 4.98 Å². The predicted molar refractivity (Wildman–Crippen MR) is 68.3 cm³/mol. The lowest BCUT2D eigenvalue weighted by Crippen LogP contribution is -2.31. The summed E-state index contributed by atoms with van der Waals surface area (Å²) in [6, 6.07) is 3.73. The molecule has 2 fully saturated rings. The van der Waals surface area contributed by atoms with Gasteiger partial charge in [-0.1, -0.05) is 18.0 Å². The topological polar surface area (TPSA) is 36.4 Å². The van der Waals surface area contributed by atoms with Crippen molar-refractivity contribution in [1.29, 1.82) is 0 Å². The summed E-state index contributed by atoms with van der Waals surface area (Å²) >= 11 is 6.18. The Morgan fingerprint density at radius 1 is 1.59 bits per heavy atom. The first kappa shape index (κ1) is 11.3. The van der Waals surface area contributed by atoms with Crippen LogP contribution in [-0.4, -0.2) is 29.8 Å². The standard InChI is InChI=1S/C13H17ClN2O/c14-11-4-2-6-15-12(11)16-7-10-3-1-5-13(10,8-16)9-17/h2,4,6,10,17H,1,3,5,7-9H2. The number of pyridine rings is 1. The molecule has 2 heterocycles. The molecule has 17 heavy (non-hydrogen) atoms. The van der Waals surface area contributed by atoms with E-state index in [1.807, 2.05) is 12.1 Å². The molecule has 2 aliphatic rings. The predicted octanol–water partition coefficient (Wildman–Crippen LogP) is 2.33. The van der Waals surface area contributed by atoms with Gasteiger partial charge in [0.25, 0.3) is 0 Å². The van der Waals surface area contributed by atoms with E-state index in [1.54, 1.807) is 6.20 Å². The van der Waals surface area contributed by atoms with E-state index in [9.17, 15) is 5.11 Å². The molecule has 1 aromatic rings. The van der Waals surface area contributed by atoms with Crippen molar-refractivity contribution in [2.75, 3.05) is 24.6 Å². The van der Waals surface area contributed by atoms with Crippen LogP contribution in [0.25, 0.3) is 0 Å². The third-order valence-electron chi connectivity index (χ3n) is 4.39. The molecule has 1 aromatic heterocycles. The summed E-state index contributed by atoms with van der Waals surface area (Å²) in [6.45, 7) is 2.17. The number of aliphatic hydroxyl groups excluding tert-OH is 1. The number of anilines is 1. The van der Waals surface area contributed by atoms with E-state index in [2.05, 4.69) is 9.88 Å². The van der Waals surface area contributed by atoms with Crippen molar-refractivity contribution >= 4 is 17.4 Å². The Labute approximate surface area is 106 Å². The van der Waals surface area contributed by atoms with Crippen LogP contribution >= 0.6 is 11.6 Å². The normalized spacial score (nSPS) is 31.9. The summed E-state index contributed by atoms with van der Waals surface area (Å²) in [5.41, 5.74) is 0.0981. The van der Waals surface area contributed by atoms with Gasteiger partial charge in [0.15, 0.2) is 0 Å². The fraction of sp³-hybridized carbons (Fsp3) is 0.615. The lowest BCUT2D eigenvalue weighted by Gasteiger charge is -2.26. The average Bonchev–Trinajstić information content (AvgIpc) is 2.86. The molecular formula is C13H17ClN2O. The van der Waals surface area contributed by atoms with Crippen molar-refractivity contribution in [3.05, 3.63) is 23.4 Å². The summed E-state index contributed by atoms with van der Waals surface area (Å²) in [6.07, 6.45) is 5.38. The van der Waals surface area contributed by atoms with Crippen molar-refractivity contribution in [3.63, 3.8) is 0 Å². The molecular weight excluding hydrogens is 236 g/mol. The van der Waals surface area contributed by atoms with Crippen LogP contribution in [0.15, 0.2) is 18.3 Å². The highest BCUT2D eigenvalue weighted by molar-refractivity contribution is 6.32. The molecule has 92 valence electrons. The third-order valence-corrected chi connectivity index (χ3v) is 4.69. The van der Waals surface area contributed by atoms with Crippen LogP contribution in [0.3, 0.4) is 0 Å². The van der Waals surface area contributed by atoms with Crippen LogP contribution in [0.1, 0.15) is 19.3 Å². The molecule has 0 spiro atoms. The lowest BCUT2D eigenvalue weighted by atomic mass is 9.82. The Morgan fingerprint density at radius 3 is 3.18 bits per heavy atom. The monoisotopic (exact) mass is 252 g/mol. The van der Waals surface area contributed by atoms with E-state index in [0.29, 0.717) is 17.5 Å². The fourth-order valence-electron chi connectivity index (χ4n) is 3.44. The minimum absolute atomic E-state index is 0.0981. The van der Waals surface area contributed by atoms with E-state index >= 15 is 0 Å². The summed E-state index contributed by atoms with van der Waals surface area (Å²) in [5, 5.41) is 10.4. The maximum atomic E-state index is 9.68. The second-order valence-electron chi connectivity index (χ2n) is 5.30. The average molecular weight is 253 g/mol. The number of aliphatic hydroxyl groups is 1. The molecule has 0 amide bonds. The molecule has 1 saturated carbocycles. The summed E-state index contributed by atoms with van der Waals surface area (Å²) in [7, 11) is 0. The van der Waals surface area contributed by atoms with Crippen LogP contribution in [0.2, 0.25) is 5.02 Å². The lowest BCUT2D eigenvalue weighted by molar-refractivity contribution is 0.121. The third kappa shape index (κ3) is 1.72. The Balaban J connectivity index is 1.87.